The van der Waals surface area contributed by atoms with Crippen molar-refractivity contribution in [3.05, 3.63) is 39.8 Å². The fourth-order valence-corrected chi connectivity index (χ4v) is 4.18. The molecule has 2 aromatic rings. The molecule has 0 spiro atoms. The third-order valence-electron chi connectivity index (χ3n) is 3.21. The molecule has 0 bridgehead atoms. The van der Waals surface area contributed by atoms with Gasteiger partial charge in [-0.05, 0) is 31.0 Å². The molecule has 0 fully saturated rings. The molecule has 2 N–H and O–H groups in total. The molecule has 23 heavy (non-hydrogen) atoms. The molecule has 0 amide bonds. The first-order chi connectivity index (χ1) is 10.8. The predicted octanol–water partition coefficient (Wildman–Crippen LogP) is 4.34. The molecule has 1 unspecified atom stereocenters. The van der Waals surface area contributed by atoms with Crippen molar-refractivity contribution in [2.75, 3.05) is 0 Å². The van der Waals surface area contributed by atoms with Crippen LogP contribution in [0.5, 0.6) is 0 Å². The molecular weight excluding hydrogens is 355 g/mol. The topological polar surface area (TPSA) is 58.3 Å². The molecule has 1 heterocycles. The van der Waals surface area contributed by atoms with E-state index in [-0.39, 0.29) is 12.5 Å². The zero-order valence-corrected chi connectivity index (χ0v) is 15.6. The number of hydrogen-bond acceptors (Lipinski definition) is 4. The molecule has 0 aliphatic rings. The first-order valence-corrected chi connectivity index (χ1v) is 8.91. The van der Waals surface area contributed by atoms with E-state index >= 15 is 0 Å². The minimum absolute atomic E-state index is 0.177. The number of imidazole rings is 1. The summed E-state index contributed by atoms with van der Waals surface area (Å²) in [5.74, 6) is 0.734. The van der Waals surface area contributed by atoms with Crippen LogP contribution in [0.15, 0.2) is 28.1 Å². The molecule has 126 valence electrons. The maximum absolute atomic E-state index is 9.77. The zero-order chi connectivity index (χ0) is 17.1. The van der Waals surface area contributed by atoms with Crippen LogP contribution in [0.1, 0.15) is 38.2 Å². The first-order valence-electron chi connectivity index (χ1n) is 7.34. The fraction of sp³-hybridized carbons (Fsp3) is 0.438. The van der Waals surface area contributed by atoms with Gasteiger partial charge < -0.3 is 14.8 Å². The van der Waals surface area contributed by atoms with E-state index in [1.54, 1.807) is 13.0 Å². The summed E-state index contributed by atoms with van der Waals surface area (Å²) < 4.78 is 1.86. The molecule has 2 rings (SSSR count). The predicted molar refractivity (Wildman–Crippen MR) is 94.5 cm³/mol. The van der Waals surface area contributed by atoms with Crippen LogP contribution in [0.2, 0.25) is 10.0 Å². The van der Waals surface area contributed by atoms with Crippen molar-refractivity contribution in [1.29, 1.82) is 0 Å². The lowest BCUT2D eigenvalue weighted by molar-refractivity contribution is 0.164. The Morgan fingerprint density at radius 2 is 1.78 bits per heavy atom. The highest BCUT2D eigenvalue weighted by Gasteiger charge is 2.21. The smallest absolute Gasteiger partial charge is 0.135 e. The molecule has 0 saturated carbocycles. The van der Waals surface area contributed by atoms with E-state index in [1.807, 2.05) is 30.5 Å². The summed E-state index contributed by atoms with van der Waals surface area (Å²) in [4.78, 5) is 5.43. The van der Waals surface area contributed by atoms with E-state index in [1.165, 1.54) is 11.8 Å². The molecule has 1 aromatic heterocycles. The molecule has 0 radical (unpaired) electrons. The number of rotatable bonds is 6. The Labute approximate surface area is 150 Å². The van der Waals surface area contributed by atoms with E-state index < -0.39 is 6.10 Å². The largest absolute Gasteiger partial charge is 0.392 e. The zero-order valence-electron chi connectivity index (χ0n) is 13.3. The van der Waals surface area contributed by atoms with Crippen LogP contribution in [-0.4, -0.2) is 25.9 Å². The van der Waals surface area contributed by atoms with Gasteiger partial charge in [0, 0.05) is 14.9 Å². The molecule has 1 atom stereocenters. The van der Waals surface area contributed by atoms with Crippen molar-refractivity contribution in [2.24, 2.45) is 0 Å². The van der Waals surface area contributed by atoms with Crippen molar-refractivity contribution in [3.8, 4) is 0 Å². The number of aromatic nitrogens is 2. The Morgan fingerprint density at radius 3 is 2.26 bits per heavy atom. The van der Waals surface area contributed by atoms with E-state index in [9.17, 15) is 10.2 Å². The molecule has 4 nitrogen and oxygen atoms in total. The summed E-state index contributed by atoms with van der Waals surface area (Å²) in [5.41, 5.74) is 0.885. The highest BCUT2D eigenvalue weighted by atomic mass is 35.5. The molecule has 0 saturated heterocycles. The summed E-state index contributed by atoms with van der Waals surface area (Å²) in [7, 11) is 0. The summed E-state index contributed by atoms with van der Waals surface area (Å²) in [5, 5.41) is 21.4. The van der Waals surface area contributed by atoms with Gasteiger partial charge in [0.15, 0.2) is 0 Å². The second kappa shape index (κ2) is 7.90. The van der Waals surface area contributed by atoms with Gasteiger partial charge in [-0.2, -0.15) is 0 Å². The average molecular weight is 375 g/mol. The third-order valence-corrected chi connectivity index (χ3v) is 4.74. The number of aliphatic hydroxyl groups is 2. The monoisotopic (exact) mass is 374 g/mol. The molecule has 0 aliphatic heterocycles. The Kier molecular flexibility index (Phi) is 6.40. The Hall–Kier alpha value is -0.720. The van der Waals surface area contributed by atoms with Crippen LogP contribution in [0, 0.1) is 0 Å². The summed E-state index contributed by atoms with van der Waals surface area (Å²) in [6, 6.07) is 5.35. The molecule has 0 aliphatic carbocycles. The number of hydrogen-bond donors (Lipinski definition) is 2. The van der Waals surface area contributed by atoms with Crippen LogP contribution in [0.25, 0.3) is 0 Å². The maximum atomic E-state index is 9.77. The van der Waals surface area contributed by atoms with E-state index in [2.05, 4.69) is 4.98 Å². The Morgan fingerprint density at radius 1 is 1.17 bits per heavy atom. The molecule has 1 aromatic carbocycles. The number of nitrogens with zero attached hydrogens (tertiary/aromatic N) is 2. The van der Waals surface area contributed by atoms with Gasteiger partial charge in [-0.15, -0.1) is 0 Å². The van der Waals surface area contributed by atoms with Crippen molar-refractivity contribution in [2.45, 2.75) is 55.9 Å². The maximum Gasteiger partial charge on any atom is 0.135 e. The van der Waals surface area contributed by atoms with E-state index in [4.69, 9.17) is 23.2 Å². The Balaban J connectivity index is 2.51. The lowest BCUT2D eigenvalue weighted by Crippen LogP contribution is -2.15. The van der Waals surface area contributed by atoms with Crippen molar-refractivity contribution in [1.82, 2.24) is 9.55 Å². The van der Waals surface area contributed by atoms with Gasteiger partial charge >= 0.3 is 0 Å². The lowest BCUT2D eigenvalue weighted by atomic mass is 10.1. The van der Waals surface area contributed by atoms with E-state index in [0.29, 0.717) is 22.4 Å². The van der Waals surface area contributed by atoms with E-state index in [0.717, 1.165) is 15.6 Å². The summed E-state index contributed by atoms with van der Waals surface area (Å²) >= 11 is 13.6. The van der Waals surface area contributed by atoms with Gasteiger partial charge in [-0.1, -0.05) is 48.8 Å². The summed E-state index contributed by atoms with van der Waals surface area (Å²) in [6.45, 7) is 5.99. The van der Waals surface area contributed by atoms with Gasteiger partial charge in [0.25, 0.3) is 0 Å². The van der Waals surface area contributed by atoms with Crippen LogP contribution < -0.4 is 0 Å². The van der Waals surface area contributed by atoms with Gasteiger partial charge in [0.1, 0.15) is 17.5 Å². The fourth-order valence-electron chi connectivity index (χ4n) is 2.26. The quantitative estimate of drug-likeness (QED) is 0.789. The average Bonchev–Trinajstić information content (AvgIpc) is 2.75. The Bertz CT molecular complexity index is 667. The number of benzene rings is 1. The summed E-state index contributed by atoms with van der Waals surface area (Å²) in [6.07, 6.45) is -0.545. The second-order valence-corrected chi connectivity index (χ2v) is 7.63. The highest BCUT2D eigenvalue weighted by molar-refractivity contribution is 7.99. The van der Waals surface area contributed by atoms with Gasteiger partial charge in [-0.25, -0.2) is 4.98 Å². The van der Waals surface area contributed by atoms with Crippen LogP contribution in [-0.2, 0) is 13.2 Å². The standard InChI is InChI=1S/C16H20Cl2N2O2S/c1-9(2)15-16(20(7-10(3)22)14(8-21)19-15)23-13-5-11(17)4-12(18)6-13/h4-6,9-10,21-22H,7-8H2,1-3H3. The minimum Gasteiger partial charge on any atom is -0.392 e. The van der Waals surface area contributed by atoms with Crippen molar-refractivity contribution in [3.63, 3.8) is 0 Å². The minimum atomic E-state index is -0.545. The van der Waals surface area contributed by atoms with Gasteiger partial charge in [0.05, 0.1) is 18.3 Å². The number of aliphatic hydroxyl groups excluding tert-OH is 2. The molecular formula is C16H20Cl2N2O2S. The second-order valence-electron chi connectivity index (χ2n) is 5.70. The van der Waals surface area contributed by atoms with Crippen LogP contribution >= 0.6 is 35.0 Å². The van der Waals surface area contributed by atoms with Crippen LogP contribution in [0.4, 0.5) is 0 Å². The van der Waals surface area contributed by atoms with Crippen LogP contribution in [0.3, 0.4) is 0 Å². The lowest BCUT2D eigenvalue weighted by Gasteiger charge is -2.14. The van der Waals surface area contributed by atoms with Gasteiger partial charge in [0.2, 0.25) is 0 Å². The highest BCUT2D eigenvalue weighted by Crippen LogP contribution is 2.37. The normalized spacial score (nSPS) is 12.9. The SMILES string of the molecule is CC(O)Cn1c(CO)nc(C(C)C)c1Sc1cc(Cl)cc(Cl)c1. The van der Waals surface area contributed by atoms with Crippen molar-refractivity contribution < 1.29 is 10.2 Å². The first kappa shape index (κ1) is 18.6. The van der Waals surface area contributed by atoms with Gasteiger partial charge in [-0.3, -0.25) is 0 Å². The number of halogens is 2. The molecule has 7 heteroatoms. The third kappa shape index (κ3) is 4.64. The van der Waals surface area contributed by atoms with Crippen molar-refractivity contribution >= 4 is 35.0 Å².